The molecule has 2 aromatic rings. The van der Waals surface area contributed by atoms with Crippen molar-refractivity contribution in [3.63, 3.8) is 0 Å². The Morgan fingerprint density at radius 2 is 1.76 bits per heavy atom. The van der Waals surface area contributed by atoms with Crippen molar-refractivity contribution in [2.75, 3.05) is 32.1 Å². The van der Waals surface area contributed by atoms with Gasteiger partial charge in [0.1, 0.15) is 5.75 Å². The smallest absolute Gasteiger partial charge is 0.321 e. The summed E-state index contributed by atoms with van der Waals surface area (Å²) >= 11 is 11.9. The molecule has 0 aliphatic carbocycles. The van der Waals surface area contributed by atoms with Crippen LogP contribution in [0.4, 0.5) is 10.5 Å². The summed E-state index contributed by atoms with van der Waals surface area (Å²) in [6, 6.07) is 11.9. The number of hydrogen-bond donors (Lipinski definition) is 2. The number of benzene rings is 2. The van der Waals surface area contributed by atoms with Crippen LogP contribution in [0.25, 0.3) is 0 Å². The second kappa shape index (κ2) is 9.85. The summed E-state index contributed by atoms with van der Waals surface area (Å²) in [7, 11) is 1.57. The van der Waals surface area contributed by atoms with Gasteiger partial charge in [-0.1, -0.05) is 35.3 Å². The summed E-state index contributed by atoms with van der Waals surface area (Å²) in [5.41, 5.74) is 1.09. The summed E-state index contributed by atoms with van der Waals surface area (Å²) in [5, 5.41) is 6.68. The fourth-order valence-corrected chi connectivity index (χ4v) is 3.83. The van der Waals surface area contributed by atoms with Crippen LogP contribution < -0.4 is 15.4 Å². The van der Waals surface area contributed by atoms with Crippen LogP contribution in [0, 0.1) is 5.92 Å². The van der Waals surface area contributed by atoms with Crippen LogP contribution in [0.2, 0.25) is 10.0 Å². The van der Waals surface area contributed by atoms with Gasteiger partial charge in [-0.3, -0.25) is 4.79 Å². The molecule has 1 heterocycles. The Kier molecular flexibility index (Phi) is 7.23. The van der Waals surface area contributed by atoms with E-state index in [1.54, 1.807) is 42.3 Å². The van der Waals surface area contributed by atoms with E-state index in [1.807, 2.05) is 12.1 Å². The van der Waals surface area contributed by atoms with Crippen molar-refractivity contribution in [2.24, 2.45) is 5.92 Å². The number of carbonyl (C=O) groups is 2. The van der Waals surface area contributed by atoms with E-state index in [1.165, 1.54) is 0 Å². The number of nitrogens with zero attached hydrogens (tertiary/aromatic N) is 1. The zero-order chi connectivity index (χ0) is 20.8. The molecule has 1 aliphatic heterocycles. The predicted molar refractivity (Wildman–Crippen MR) is 115 cm³/mol. The Morgan fingerprint density at radius 3 is 2.41 bits per heavy atom. The zero-order valence-corrected chi connectivity index (χ0v) is 17.6. The fraction of sp³-hybridized carbons (Fsp3) is 0.333. The van der Waals surface area contributed by atoms with Gasteiger partial charge < -0.3 is 20.3 Å². The van der Waals surface area contributed by atoms with Gasteiger partial charge in [0.15, 0.2) is 0 Å². The zero-order valence-electron chi connectivity index (χ0n) is 16.1. The van der Waals surface area contributed by atoms with E-state index in [2.05, 4.69) is 10.6 Å². The molecule has 0 saturated carbocycles. The minimum Gasteiger partial charge on any atom is -0.495 e. The molecular formula is C21H23Cl2N3O3. The van der Waals surface area contributed by atoms with Crippen LogP contribution >= 0.6 is 23.2 Å². The Morgan fingerprint density at radius 1 is 1.10 bits per heavy atom. The van der Waals surface area contributed by atoms with Gasteiger partial charge in [0, 0.05) is 35.2 Å². The van der Waals surface area contributed by atoms with Gasteiger partial charge in [-0.15, -0.1) is 0 Å². The van der Waals surface area contributed by atoms with E-state index in [9.17, 15) is 9.59 Å². The molecule has 2 aromatic carbocycles. The second-order valence-corrected chi connectivity index (χ2v) is 7.80. The number of piperidine rings is 1. The maximum Gasteiger partial charge on any atom is 0.321 e. The van der Waals surface area contributed by atoms with Crippen molar-refractivity contribution in [3.05, 3.63) is 58.1 Å². The number of ether oxygens (including phenoxy) is 1. The summed E-state index contributed by atoms with van der Waals surface area (Å²) in [5.74, 6) is 0.731. The number of likely N-dealkylation sites (tertiary alicyclic amines) is 1. The van der Waals surface area contributed by atoms with Gasteiger partial charge in [-0.2, -0.15) is 0 Å². The lowest BCUT2D eigenvalue weighted by Gasteiger charge is -2.32. The Bertz CT molecular complexity index is 863. The lowest BCUT2D eigenvalue weighted by Crippen LogP contribution is -2.43. The van der Waals surface area contributed by atoms with Crippen LogP contribution in [0.1, 0.15) is 23.2 Å². The molecule has 6 nitrogen and oxygen atoms in total. The SMILES string of the molecule is COc1ccccc1NC(=O)N1CCC(CNC(=O)c2cc(Cl)cc(Cl)c2)CC1. The van der Waals surface area contributed by atoms with Crippen molar-refractivity contribution in [1.82, 2.24) is 10.2 Å². The number of urea groups is 1. The normalized spacial score (nSPS) is 14.4. The van der Waals surface area contributed by atoms with Crippen LogP contribution in [-0.2, 0) is 0 Å². The first-order chi connectivity index (χ1) is 14.0. The minimum absolute atomic E-state index is 0.148. The molecule has 0 radical (unpaired) electrons. The largest absolute Gasteiger partial charge is 0.495 e. The molecule has 0 unspecified atom stereocenters. The van der Waals surface area contributed by atoms with E-state index in [4.69, 9.17) is 27.9 Å². The van der Waals surface area contributed by atoms with Gasteiger partial charge in [0.2, 0.25) is 0 Å². The van der Waals surface area contributed by atoms with Crippen LogP contribution in [0.5, 0.6) is 5.75 Å². The van der Waals surface area contributed by atoms with E-state index in [0.29, 0.717) is 52.6 Å². The number of halogens is 2. The van der Waals surface area contributed by atoms with Crippen LogP contribution in [0.3, 0.4) is 0 Å². The first-order valence-electron chi connectivity index (χ1n) is 9.39. The molecule has 1 saturated heterocycles. The van der Waals surface area contributed by atoms with Crippen molar-refractivity contribution in [3.8, 4) is 5.75 Å². The number of rotatable bonds is 5. The van der Waals surface area contributed by atoms with E-state index in [0.717, 1.165) is 12.8 Å². The molecule has 1 fully saturated rings. The van der Waals surface area contributed by atoms with Gasteiger partial charge in [0.05, 0.1) is 12.8 Å². The van der Waals surface area contributed by atoms with Crippen LogP contribution in [-0.4, -0.2) is 43.6 Å². The van der Waals surface area contributed by atoms with Gasteiger partial charge >= 0.3 is 6.03 Å². The quantitative estimate of drug-likeness (QED) is 0.716. The molecule has 0 aromatic heterocycles. The lowest BCUT2D eigenvalue weighted by atomic mass is 9.97. The first kappa shape index (κ1) is 21.3. The number of amides is 3. The average molecular weight is 436 g/mol. The van der Waals surface area contributed by atoms with Crippen molar-refractivity contribution < 1.29 is 14.3 Å². The highest BCUT2D eigenvalue weighted by molar-refractivity contribution is 6.35. The molecular weight excluding hydrogens is 413 g/mol. The second-order valence-electron chi connectivity index (χ2n) is 6.93. The first-order valence-corrected chi connectivity index (χ1v) is 10.1. The molecule has 0 atom stereocenters. The summed E-state index contributed by atoms with van der Waals surface area (Å²) < 4.78 is 5.27. The fourth-order valence-electron chi connectivity index (χ4n) is 3.31. The summed E-state index contributed by atoms with van der Waals surface area (Å²) in [6.45, 7) is 1.81. The predicted octanol–water partition coefficient (Wildman–Crippen LogP) is 4.68. The minimum atomic E-state index is -0.203. The lowest BCUT2D eigenvalue weighted by molar-refractivity contribution is 0.0938. The van der Waals surface area contributed by atoms with E-state index >= 15 is 0 Å². The number of para-hydroxylation sites is 2. The maximum absolute atomic E-state index is 12.5. The average Bonchev–Trinajstić information content (AvgIpc) is 2.72. The Balaban J connectivity index is 1.46. The highest BCUT2D eigenvalue weighted by Crippen LogP contribution is 2.25. The van der Waals surface area contributed by atoms with Crippen molar-refractivity contribution in [1.29, 1.82) is 0 Å². The van der Waals surface area contributed by atoms with Gasteiger partial charge in [-0.05, 0) is 49.1 Å². The highest BCUT2D eigenvalue weighted by atomic mass is 35.5. The molecule has 3 rings (SSSR count). The number of nitrogens with one attached hydrogen (secondary N) is 2. The van der Waals surface area contributed by atoms with Crippen molar-refractivity contribution >= 4 is 40.8 Å². The summed E-state index contributed by atoms with van der Waals surface area (Å²) in [4.78, 5) is 26.6. The molecule has 154 valence electrons. The number of carbonyl (C=O) groups excluding carboxylic acids is 2. The highest BCUT2D eigenvalue weighted by Gasteiger charge is 2.24. The molecule has 3 amide bonds. The van der Waals surface area contributed by atoms with E-state index < -0.39 is 0 Å². The standard InChI is InChI=1S/C21H23Cl2N3O3/c1-29-19-5-3-2-4-18(19)25-21(28)26-8-6-14(7-9-26)13-24-20(27)15-10-16(22)12-17(23)11-15/h2-5,10-12,14H,6-9,13H2,1H3,(H,24,27)(H,25,28). The number of anilines is 1. The van der Waals surface area contributed by atoms with Crippen LogP contribution in [0.15, 0.2) is 42.5 Å². The maximum atomic E-state index is 12.5. The molecule has 0 bridgehead atoms. The molecule has 2 N–H and O–H groups in total. The van der Waals surface area contributed by atoms with Gasteiger partial charge in [-0.25, -0.2) is 4.79 Å². The number of methoxy groups -OCH3 is 1. The Labute approximate surface area is 180 Å². The third-order valence-electron chi connectivity index (χ3n) is 4.93. The monoisotopic (exact) mass is 435 g/mol. The van der Waals surface area contributed by atoms with Gasteiger partial charge in [0.25, 0.3) is 5.91 Å². The van der Waals surface area contributed by atoms with Crippen molar-refractivity contribution in [2.45, 2.75) is 12.8 Å². The third-order valence-corrected chi connectivity index (χ3v) is 5.36. The topological polar surface area (TPSA) is 70.7 Å². The molecule has 29 heavy (non-hydrogen) atoms. The van der Waals surface area contributed by atoms with E-state index in [-0.39, 0.29) is 11.9 Å². The molecule has 8 heteroatoms. The molecule has 1 aliphatic rings. The summed E-state index contributed by atoms with van der Waals surface area (Å²) in [6.07, 6.45) is 1.63. The third kappa shape index (κ3) is 5.78. The molecule has 0 spiro atoms. The number of hydrogen-bond acceptors (Lipinski definition) is 3. The Hall–Kier alpha value is -2.44.